The lowest BCUT2D eigenvalue weighted by atomic mass is 10.2. The van der Waals surface area contributed by atoms with Crippen LogP contribution >= 0.6 is 23.2 Å². The molecule has 0 saturated heterocycles. The SMILES string of the molecule is Cc1cccc(Cl)c1NCC(C)Cl. The molecule has 0 aliphatic carbocycles. The molecule has 1 nitrogen and oxygen atoms in total. The highest BCUT2D eigenvalue weighted by Gasteiger charge is 2.03. The average molecular weight is 218 g/mol. The van der Waals surface area contributed by atoms with Crippen molar-refractivity contribution in [2.45, 2.75) is 19.2 Å². The minimum atomic E-state index is 0.107. The Hall–Kier alpha value is -0.400. The molecule has 0 fully saturated rings. The molecule has 0 heterocycles. The molecule has 0 aliphatic rings. The first kappa shape index (κ1) is 10.7. The number of hydrogen-bond acceptors (Lipinski definition) is 1. The van der Waals surface area contributed by atoms with Crippen molar-refractivity contribution in [1.82, 2.24) is 0 Å². The van der Waals surface area contributed by atoms with Gasteiger partial charge in [-0.2, -0.15) is 0 Å². The van der Waals surface area contributed by atoms with E-state index in [1.54, 1.807) is 0 Å². The van der Waals surface area contributed by atoms with Crippen molar-refractivity contribution in [3.05, 3.63) is 28.8 Å². The maximum atomic E-state index is 6.01. The van der Waals surface area contributed by atoms with Gasteiger partial charge in [0.25, 0.3) is 0 Å². The molecular formula is C10H13Cl2N. The maximum Gasteiger partial charge on any atom is 0.0640 e. The minimum Gasteiger partial charge on any atom is -0.382 e. The number of nitrogens with one attached hydrogen (secondary N) is 1. The lowest BCUT2D eigenvalue weighted by Gasteiger charge is -2.11. The zero-order chi connectivity index (χ0) is 9.84. The molecule has 1 aromatic rings. The predicted molar refractivity (Wildman–Crippen MR) is 60.0 cm³/mol. The van der Waals surface area contributed by atoms with Gasteiger partial charge in [-0.15, -0.1) is 11.6 Å². The fraction of sp³-hybridized carbons (Fsp3) is 0.400. The molecule has 13 heavy (non-hydrogen) atoms. The first-order valence-corrected chi connectivity index (χ1v) is 5.05. The van der Waals surface area contributed by atoms with E-state index in [1.807, 2.05) is 32.0 Å². The highest BCUT2D eigenvalue weighted by Crippen LogP contribution is 2.25. The van der Waals surface area contributed by atoms with Crippen LogP contribution in [-0.4, -0.2) is 11.9 Å². The van der Waals surface area contributed by atoms with E-state index < -0.39 is 0 Å². The highest BCUT2D eigenvalue weighted by atomic mass is 35.5. The fourth-order valence-corrected chi connectivity index (χ4v) is 1.46. The van der Waals surface area contributed by atoms with Crippen molar-refractivity contribution in [1.29, 1.82) is 0 Å². The van der Waals surface area contributed by atoms with E-state index in [2.05, 4.69) is 5.32 Å². The van der Waals surface area contributed by atoms with E-state index >= 15 is 0 Å². The Morgan fingerprint density at radius 2 is 2.15 bits per heavy atom. The van der Waals surface area contributed by atoms with Crippen molar-refractivity contribution in [3.8, 4) is 0 Å². The van der Waals surface area contributed by atoms with Crippen molar-refractivity contribution in [2.75, 3.05) is 11.9 Å². The van der Waals surface area contributed by atoms with E-state index in [-0.39, 0.29) is 5.38 Å². The third-order valence-corrected chi connectivity index (χ3v) is 2.25. The molecule has 1 N–H and O–H groups in total. The molecule has 0 radical (unpaired) electrons. The minimum absolute atomic E-state index is 0.107. The number of halogens is 2. The summed E-state index contributed by atoms with van der Waals surface area (Å²) in [4.78, 5) is 0. The number of hydrogen-bond donors (Lipinski definition) is 1. The van der Waals surface area contributed by atoms with Crippen molar-refractivity contribution in [2.24, 2.45) is 0 Å². The normalized spacial score (nSPS) is 12.6. The summed E-state index contributed by atoms with van der Waals surface area (Å²) in [6, 6.07) is 5.83. The predicted octanol–water partition coefficient (Wildman–Crippen LogP) is 3.69. The molecule has 0 saturated carbocycles. The van der Waals surface area contributed by atoms with Crippen LogP contribution in [0.1, 0.15) is 12.5 Å². The first-order valence-electron chi connectivity index (χ1n) is 4.24. The lowest BCUT2D eigenvalue weighted by Crippen LogP contribution is -2.11. The van der Waals surface area contributed by atoms with Gasteiger partial charge in [0.1, 0.15) is 0 Å². The van der Waals surface area contributed by atoms with E-state index in [0.29, 0.717) is 0 Å². The summed E-state index contributed by atoms with van der Waals surface area (Å²) in [7, 11) is 0. The van der Waals surface area contributed by atoms with Gasteiger partial charge in [0, 0.05) is 11.9 Å². The first-order chi connectivity index (χ1) is 6.11. The molecular weight excluding hydrogens is 205 g/mol. The number of rotatable bonds is 3. The van der Waals surface area contributed by atoms with Gasteiger partial charge >= 0.3 is 0 Å². The van der Waals surface area contributed by atoms with Crippen LogP contribution in [0.15, 0.2) is 18.2 Å². The Balaban J connectivity index is 2.75. The molecule has 0 bridgehead atoms. The van der Waals surface area contributed by atoms with Crippen LogP contribution in [0.5, 0.6) is 0 Å². The third kappa shape index (κ3) is 3.09. The summed E-state index contributed by atoms with van der Waals surface area (Å²) >= 11 is 11.8. The summed E-state index contributed by atoms with van der Waals surface area (Å²) in [6.07, 6.45) is 0. The fourth-order valence-electron chi connectivity index (χ4n) is 1.10. The summed E-state index contributed by atoms with van der Waals surface area (Å²) < 4.78 is 0. The Bertz CT molecular complexity index is 264. The molecule has 0 aromatic heterocycles. The molecule has 1 aromatic carbocycles. The van der Waals surface area contributed by atoms with Crippen LogP contribution in [0.3, 0.4) is 0 Å². The summed E-state index contributed by atoms with van der Waals surface area (Å²) in [5, 5.41) is 4.07. The monoisotopic (exact) mass is 217 g/mol. The quantitative estimate of drug-likeness (QED) is 0.763. The number of benzene rings is 1. The van der Waals surface area contributed by atoms with Gasteiger partial charge in [0.15, 0.2) is 0 Å². The Morgan fingerprint density at radius 3 is 2.69 bits per heavy atom. The van der Waals surface area contributed by atoms with Crippen LogP contribution in [0.4, 0.5) is 5.69 Å². The van der Waals surface area contributed by atoms with Crippen LogP contribution < -0.4 is 5.32 Å². The largest absolute Gasteiger partial charge is 0.382 e. The zero-order valence-corrected chi connectivity index (χ0v) is 9.28. The number of alkyl halides is 1. The smallest absolute Gasteiger partial charge is 0.0640 e. The Kier molecular flexibility index (Phi) is 3.89. The summed E-state index contributed by atoms with van der Waals surface area (Å²) in [6.45, 7) is 4.69. The number of anilines is 1. The van der Waals surface area contributed by atoms with Crippen molar-refractivity contribution < 1.29 is 0 Å². The molecule has 1 rings (SSSR count). The maximum absolute atomic E-state index is 6.01. The standard InChI is InChI=1S/C10H13Cl2N/c1-7-4-3-5-9(12)10(7)13-6-8(2)11/h3-5,8,13H,6H2,1-2H3. The highest BCUT2D eigenvalue weighted by molar-refractivity contribution is 6.33. The molecule has 0 amide bonds. The van der Waals surface area contributed by atoms with E-state index in [4.69, 9.17) is 23.2 Å². The van der Waals surface area contributed by atoms with Gasteiger partial charge in [-0.3, -0.25) is 0 Å². The second-order valence-electron chi connectivity index (χ2n) is 3.09. The third-order valence-electron chi connectivity index (χ3n) is 1.78. The molecule has 1 unspecified atom stereocenters. The Morgan fingerprint density at radius 1 is 1.46 bits per heavy atom. The number of aryl methyl sites for hydroxylation is 1. The van der Waals surface area contributed by atoms with Gasteiger partial charge in [-0.05, 0) is 25.5 Å². The topological polar surface area (TPSA) is 12.0 Å². The van der Waals surface area contributed by atoms with Crippen molar-refractivity contribution in [3.63, 3.8) is 0 Å². The second kappa shape index (κ2) is 4.73. The van der Waals surface area contributed by atoms with E-state index in [0.717, 1.165) is 22.8 Å². The zero-order valence-electron chi connectivity index (χ0n) is 7.77. The average Bonchev–Trinajstić information content (AvgIpc) is 2.03. The summed E-state index contributed by atoms with van der Waals surface area (Å²) in [5.41, 5.74) is 2.13. The van der Waals surface area contributed by atoms with E-state index in [1.165, 1.54) is 0 Å². The molecule has 0 spiro atoms. The number of para-hydroxylation sites is 1. The van der Waals surface area contributed by atoms with Crippen LogP contribution in [0, 0.1) is 6.92 Å². The van der Waals surface area contributed by atoms with Crippen LogP contribution in [0.25, 0.3) is 0 Å². The Labute approximate surface area is 89.0 Å². The van der Waals surface area contributed by atoms with E-state index in [9.17, 15) is 0 Å². The summed E-state index contributed by atoms with van der Waals surface area (Å²) in [5.74, 6) is 0. The van der Waals surface area contributed by atoms with Gasteiger partial charge < -0.3 is 5.32 Å². The van der Waals surface area contributed by atoms with Gasteiger partial charge in [0.05, 0.1) is 10.7 Å². The molecule has 3 heteroatoms. The van der Waals surface area contributed by atoms with Gasteiger partial charge in [0.2, 0.25) is 0 Å². The van der Waals surface area contributed by atoms with Crippen molar-refractivity contribution >= 4 is 28.9 Å². The van der Waals surface area contributed by atoms with Crippen LogP contribution in [0.2, 0.25) is 5.02 Å². The molecule has 72 valence electrons. The van der Waals surface area contributed by atoms with Gasteiger partial charge in [-0.25, -0.2) is 0 Å². The molecule has 1 atom stereocenters. The lowest BCUT2D eigenvalue weighted by molar-refractivity contribution is 0.986. The second-order valence-corrected chi connectivity index (χ2v) is 4.25. The van der Waals surface area contributed by atoms with Gasteiger partial charge in [-0.1, -0.05) is 23.7 Å². The van der Waals surface area contributed by atoms with Crippen LogP contribution in [-0.2, 0) is 0 Å². The molecule has 0 aliphatic heterocycles.